The number of rotatable bonds is 5. The molecule has 3 aromatic rings. The van der Waals surface area contributed by atoms with Gasteiger partial charge in [-0.05, 0) is 63.2 Å². The van der Waals surface area contributed by atoms with Gasteiger partial charge in [-0.3, -0.25) is 9.69 Å². The molecule has 1 N–H and O–H groups in total. The molecule has 2 heterocycles. The molecule has 0 radical (unpaired) electrons. The summed E-state index contributed by atoms with van der Waals surface area (Å²) < 4.78 is 5.43. The summed E-state index contributed by atoms with van der Waals surface area (Å²) in [5.41, 5.74) is 2.89. The number of halogens is 1. The summed E-state index contributed by atoms with van der Waals surface area (Å²) in [7, 11) is 0. The van der Waals surface area contributed by atoms with Gasteiger partial charge in [0.2, 0.25) is 17.6 Å². The number of nitrogens with zero attached hydrogens (tertiary/aromatic N) is 3. The zero-order chi connectivity index (χ0) is 20.2. The number of aryl methyl sites for hydroxylation is 1. The number of hydrogen-bond acceptors (Lipinski definition) is 5. The van der Waals surface area contributed by atoms with Crippen LogP contribution in [-0.4, -0.2) is 34.0 Å². The van der Waals surface area contributed by atoms with E-state index in [9.17, 15) is 4.79 Å². The van der Waals surface area contributed by atoms with E-state index in [1.165, 1.54) is 0 Å². The molecule has 0 aliphatic carbocycles. The minimum Gasteiger partial charge on any atom is -0.338 e. The van der Waals surface area contributed by atoms with Gasteiger partial charge in [0.05, 0.1) is 6.54 Å². The minimum atomic E-state index is 0.00692. The first-order valence-electron chi connectivity index (χ1n) is 9.75. The molecule has 2 aromatic carbocycles. The number of piperidine rings is 1. The molecule has 0 unspecified atom stereocenters. The molecule has 150 valence electrons. The van der Waals surface area contributed by atoms with E-state index in [-0.39, 0.29) is 11.8 Å². The third kappa shape index (κ3) is 5.02. The van der Waals surface area contributed by atoms with E-state index >= 15 is 0 Å². The second kappa shape index (κ2) is 8.76. The average molecular weight is 411 g/mol. The summed E-state index contributed by atoms with van der Waals surface area (Å²) >= 11 is 5.89. The van der Waals surface area contributed by atoms with Crippen LogP contribution in [0.1, 0.15) is 24.3 Å². The highest BCUT2D eigenvalue weighted by molar-refractivity contribution is 6.30. The minimum absolute atomic E-state index is 0.00692. The Labute approximate surface area is 174 Å². The van der Waals surface area contributed by atoms with Crippen LogP contribution in [0.2, 0.25) is 5.02 Å². The molecule has 6 nitrogen and oxygen atoms in total. The van der Waals surface area contributed by atoms with E-state index in [2.05, 4.69) is 20.4 Å². The molecule has 29 heavy (non-hydrogen) atoms. The summed E-state index contributed by atoms with van der Waals surface area (Å²) in [5, 5.41) is 7.73. The second-order valence-electron chi connectivity index (χ2n) is 7.43. The van der Waals surface area contributed by atoms with Crippen molar-refractivity contribution in [2.75, 3.05) is 18.4 Å². The molecule has 1 amide bonds. The standard InChI is InChI=1S/C22H23ClN4O2/c1-15-3-2-4-17(13-15)21-25-20(29-26-21)14-27-11-9-16(10-12-27)22(28)24-19-7-5-18(23)6-8-19/h2-8,13,16H,9-12,14H2,1H3,(H,24,28). The highest BCUT2D eigenvalue weighted by Gasteiger charge is 2.26. The van der Waals surface area contributed by atoms with Gasteiger partial charge in [0.25, 0.3) is 0 Å². The van der Waals surface area contributed by atoms with Gasteiger partial charge in [-0.25, -0.2) is 0 Å². The van der Waals surface area contributed by atoms with Crippen LogP contribution in [0.4, 0.5) is 5.69 Å². The van der Waals surface area contributed by atoms with Crippen molar-refractivity contribution < 1.29 is 9.32 Å². The van der Waals surface area contributed by atoms with E-state index in [0.29, 0.717) is 23.3 Å². The van der Waals surface area contributed by atoms with Gasteiger partial charge in [-0.2, -0.15) is 4.98 Å². The van der Waals surface area contributed by atoms with Gasteiger partial charge in [-0.1, -0.05) is 40.5 Å². The van der Waals surface area contributed by atoms with Gasteiger partial charge in [0.15, 0.2) is 0 Å². The zero-order valence-corrected chi connectivity index (χ0v) is 17.0. The molecule has 1 aliphatic heterocycles. The van der Waals surface area contributed by atoms with Crippen molar-refractivity contribution in [1.29, 1.82) is 0 Å². The number of carbonyl (C=O) groups excluding carboxylic acids is 1. The fourth-order valence-electron chi connectivity index (χ4n) is 3.54. The van der Waals surface area contributed by atoms with Crippen molar-refractivity contribution in [1.82, 2.24) is 15.0 Å². The number of amides is 1. The van der Waals surface area contributed by atoms with Gasteiger partial charge in [0.1, 0.15) is 0 Å². The largest absolute Gasteiger partial charge is 0.338 e. The van der Waals surface area contributed by atoms with Crippen LogP contribution >= 0.6 is 11.6 Å². The number of aromatic nitrogens is 2. The molecule has 0 saturated carbocycles. The first-order chi connectivity index (χ1) is 14.1. The summed E-state index contributed by atoms with van der Waals surface area (Å²) in [5.74, 6) is 1.28. The third-order valence-corrected chi connectivity index (χ3v) is 5.43. The van der Waals surface area contributed by atoms with E-state index in [1.807, 2.05) is 43.3 Å². The Morgan fingerprint density at radius 2 is 1.97 bits per heavy atom. The molecule has 0 atom stereocenters. The first-order valence-corrected chi connectivity index (χ1v) is 10.1. The Bertz CT molecular complexity index is 978. The number of nitrogens with one attached hydrogen (secondary N) is 1. The number of hydrogen-bond donors (Lipinski definition) is 1. The zero-order valence-electron chi connectivity index (χ0n) is 16.3. The predicted molar refractivity (Wildman–Crippen MR) is 113 cm³/mol. The van der Waals surface area contributed by atoms with E-state index < -0.39 is 0 Å². The van der Waals surface area contributed by atoms with E-state index in [4.69, 9.17) is 16.1 Å². The van der Waals surface area contributed by atoms with Crippen LogP contribution in [0, 0.1) is 12.8 Å². The first kappa shape index (κ1) is 19.6. The van der Waals surface area contributed by atoms with Crippen LogP contribution in [0.5, 0.6) is 0 Å². The normalized spacial score (nSPS) is 15.4. The molecular formula is C22H23ClN4O2. The molecule has 4 rings (SSSR count). The lowest BCUT2D eigenvalue weighted by Crippen LogP contribution is -2.37. The van der Waals surface area contributed by atoms with Crippen LogP contribution in [0.15, 0.2) is 53.1 Å². The van der Waals surface area contributed by atoms with Crippen LogP contribution in [0.3, 0.4) is 0 Å². The maximum absolute atomic E-state index is 12.5. The predicted octanol–water partition coefficient (Wildman–Crippen LogP) is 4.55. The Morgan fingerprint density at radius 1 is 1.21 bits per heavy atom. The van der Waals surface area contributed by atoms with Crippen molar-refractivity contribution in [2.24, 2.45) is 5.92 Å². The monoisotopic (exact) mass is 410 g/mol. The summed E-state index contributed by atoms with van der Waals surface area (Å²) in [4.78, 5) is 19.3. The van der Waals surface area contributed by atoms with Crippen LogP contribution in [-0.2, 0) is 11.3 Å². The molecule has 1 aliphatic rings. The van der Waals surface area contributed by atoms with E-state index in [1.54, 1.807) is 12.1 Å². The number of benzene rings is 2. The van der Waals surface area contributed by atoms with Crippen LogP contribution in [0.25, 0.3) is 11.4 Å². The van der Waals surface area contributed by atoms with Crippen LogP contribution < -0.4 is 5.32 Å². The Morgan fingerprint density at radius 3 is 2.69 bits per heavy atom. The Hall–Kier alpha value is -2.70. The fourth-order valence-corrected chi connectivity index (χ4v) is 3.67. The molecule has 7 heteroatoms. The maximum Gasteiger partial charge on any atom is 0.241 e. The lowest BCUT2D eigenvalue weighted by Gasteiger charge is -2.30. The van der Waals surface area contributed by atoms with Gasteiger partial charge < -0.3 is 9.84 Å². The number of carbonyl (C=O) groups is 1. The maximum atomic E-state index is 12.5. The van der Waals surface area contributed by atoms with Crippen molar-refractivity contribution in [3.05, 3.63) is 65.0 Å². The highest BCUT2D eigenvalue weighted by Crippen LogP contribution is 2.22. The van der Waals surface area contributed by atoms with Crippen molar-refractivity contribution in [3.8, 4) is 11.4 Å². The van der Waals surface area contributed by atoms with Gasteiger partial charge in [-0.15, -0.1) is 0 Å². The quantitative estimate of drug-likeness (QED) is 0.668. The summed E-state index contributed by atoms with van der Waals surface area (Å²) in [6.45, 7) is 4.28. The van der Waals surface area contributed by atoms with Crippen molar-refractivity contribution in [3.63, 3.8) is 0 Å². The van der Waals surface area contributed by atoms with Crippen molar-refractivity contribution >= 4 is 23.2 Å². The Kier molecular flexibility index (Phi) is 5.92. The second-order valence-corrected chi connectivity index (χ2v) is 7.86. The molecule has 1 aromatic heterocycles. The third-order valence-electron chi connectivity index (χ3n) is 5.17. The average Bonchev–Trinajstić information content (AvgIpc) is 3.19. The topological polar surface area (TPSA) is 71.3 Å². The molecule has 0 bridgehead atoms. The van der Waals surface area contributed by atoms with Gasteiger partial charge in [0, 0.05) is 22.2 Å². The fraction of sp³-hybridized carbons (Fsp3) is 0.318. The molecule has 1 saturated heterocycles. The lowest BCUT2D eigenvalue weighted by molar-refractivity contribution is -0.121. The lowest BCUT2D eigenvalue weighted by atomic mass is 9.96. The number of anilines is 1. The SMILES string of the molecule is Cc1cccc(-c2noc(CN3CCC(C(=O)Nc4ccc(Cl)cc4)CC3)n2)c1. The number of likely N-dealkylation sites (tertiary alicyclic amines) is 1. The van der Waals surface area contributed by atoms with Gasteiger partial charge >= 0.3 is 0 Å². The van der Waals surface area contributed by atoms with Crippen molar-refractivity contribution in [2.45, 2.75) is 26.3 Å². The van der Waals surface area contributed by atoms with E-state index in [0.717, 1.165) is 42.7 Å². The molecule has 1 fully saturated rings. The smallest absolute Gasteiger partial charge is 0.241 e. The summed E-state index contributed by atoms with van der Waals surface area (Å²) in [6, 6.07) is 15.2. The molecular weight excluding hydrogens is 388 g/mol. The highest BCUT2D eigenvalue weighted by atomic mass is 35.5. The summed E-state index contributed by atoms with van der Waals surface area (Å²) in [6.07, 6.45) is 1.61. The Balaban J connectivity index is 1.29. The molecule has 0 spiro atoms.